The summed E-state index contributed by atoms with van der Waals surface area (Å²) in [6, 6.07) is 3.92. The normalized spacial score (nSPS) is 17.7. The van der Waals surface area contributed by atoms with E-state index in [9.17, 15) is 9.59 Å². The molecule has 1 amide bonds. The van der Waals surface area contributed by atoms with Crippen LogP contribution in [0.1, 0.15) is 61.6 Å². The average Bonchev–Trinajstić information content (AvgIpc) is 2.71. The minimum absolute atomic E-state index is 0.0197. The zero-order valence-corrected chi connectivity index (χ0v) is 17.0. The summed E-state index contributed by atoms with van der Waals surface area (Å²) in [5.41, 5.74) is 2.30. The number of fused-ring (bicyclic) bond motifs is 2. The Labute approximate surface area is 170 Å². The highest BCUT2D eigenvalue weighted by Crippen LogP contribution is 2.43. The van der Waals surface area contributed by atoms with E-state index in [2.05, 4.69) is 11.4 Å². The van der Waals surface area contributed by atoms with Crippen LogP contribution in [0.15, 0.2) is 21.3 Å². The second-order valence-electron chi connectivity index (χ2n) is 8.40. The topological polar surface area (TPSA) is 88.8 Å². The Bertz CT molecular complexity index is 971. The zero-order chi connectivity index (χ0) is 20.4. The SMILES string of the molecule is Cc1c(CC(=O)NCCCO)c(=O)oc2cc3c(cc12)CCC1(CCCCC1)O3. The zero-order valence-electron chi connectivity index (χ0n) is 17.0. The molecule has 0 saturated heterocycles. The first kappa shape index (κ1) is 20.0. The Balaban J connectivity index is 1.63. The Hall–Kier alpha value is -2.34. The number of ether oxygens (including phenoxy) is 1. The predicted molar refractivity (Wildman–Crippen MR) is 110 cm³/mol. The Kier molecular flexibility index (Phi) is 5.63. The molecule has 1 aromatic heterocycles. The first-order valence-corrected chi connectivity index (χ1v) is 10.7. The van der Waals surface area contributed by atoms with Crippen molar-refractivity contribution in [3.05, 3.63) is 39.2 Å². The Morgan fingerprint density at radius 2 is 2.00 bits per heavy atom. The molecule has 1 fully saturated rings. The van der Waals surface area contributed by atoms with Gasteiger partial charge in [0, 0.05) is 24.6 Å². The number of nitrogens with one attached hydrogen (secondary N) is 1. The molecule has 2 aliphatic rings. The van der Waals surface area contributed by atoms with Gasteiger partial charge < -0.3 is 19.6 Å². The summed E-state index contributed by atoms with van der Waals surface area (Å²) in [4.78, 5) is 24.7. The molecule has 1 saturated carbocycles. The van der Waals surface area contributed by atoms with Gasteiger partial charge in [-0.1, -0.05) is 6.42 Å². The lowest BCUT2D eigenvalue weighted by molar-refractivity contribution is -0.120. The average molecular weight is 399 g/mol. The molecule has 2 N–H and O–H groups in total. The van der Waals surface area contributed by atoms with Gasteiger partial charge in [0.15, 0.2) is 0 Å². The molecule has 4 rings (SSSR count). The molecule has 1 spiro atoms. The molecule has 0 bridgehead atoms. The number of aliphatic hydroxyl groups is 1. The van der Waals surface area contributed by atoms with E-state index in [1.807, 2.05) is 13.0 Å². The lowest BCUT2D eigenvalue weighted by atomic mass is 9.79. The van der Waals surface area contributed by atoms with Crippen molar-refractivity contribution < 1.29 is 19.1 Å². The molecule has 6 heteroatoms. The molecule has 1 aromatic carbocycles. The van der Waals surface area contributed by atoms with Gasteiger partial charge >= 0.3 is 5.63 Å². The molecule has 2 heterocycles. The molecule has 0 unspecified atom stereocenters. The van der Waals surface area contributed by atoms with Gasteiger partial charge in [-0.05, 0) is 69.1 Å². The van der Waals surface area contributed by atoms with Gasteiger partial charge in [0.05, 0.1) is 12.0 Å². The fourth-order valence-electron chi connectivity index (χ4n) is 4.68. The van der Waals surface area contributed by atoms with Crippen molar-refractivity contribution in [2.45, 2.75) is 70.3 Å². The third kappa shape index (κ3) is 4.04. The maximum absolute atomic E-state index is 12.6. The molecule has 6 nitrogen and oxygen atoms in total. The number of benzene rings is 1. The highest BCUT2D eigenvalue weighted by molar-refractivity contribution is 5.86. The summed E-state index contributed by atoms with van der Waals surface area (Å²) in [7, 11) is 0. The van der Waals surface area contributed by atoms with Crippen molar-refractivity contribution in [1.82, 2.24) is 5.32 Å². The number of aryl methyl sites for hydroxylation is 2. The molecular formula is C23H29NO5. The number of hydrogen-bond donors (Lipinski definition) is 2. The van der Waals surface area contributed by atoms with Gasteiger partial charge in [-0.25, -0.2) is 4.79 Å². The van der Waals surface area contributed by atoms with Crippen molar-refractivity contribution in [2.75, 3.05) is 13.2 Å². The summed E-state index contributed by atoms with van der Waals surface area (Å²) in [6.45, 7) is 2.28. The van der Waals surface area contributed by atoms with E-state index in [0.29, 0.717) is 24.1 Å². The lowest BCUT2D eigenvalue weighted by Crippen LogP contribution is -2.41. The summed E-state index contributed by atoms with van der Waals surface area (Å²) in [5, 5.41) is 12.4. The first-order valence-electron chi connectivity index (χ1n) is 10.7. The summed E-state index contributed by atoms with van der Waals surface area (Å²) in [5.74, 6) is 0.594. The van der Waals surface area contributed by atoms with Crippen LogP contribution in [-0.2, 0) is 17.6 Å². The van der Waals surface area contributed by atoms with Crippen LogP contribution in [0, 0.1) is 6.92 Å². The lowest BCUT2D eigenvalue weighted by Gasteiger charge is -2.41. The quantitative estimate of drug-likeness (QED) is 0.596. The fraction of sp³-hybridized carbons (Fsp3) is 0.565. The van der Waals surface area contributed by atoms with Crippen LogP contribution in [0.5, 0.6) is 5.75 Å². The van der Waals surface area contributed by atoms with Crippen LogP contribution in [0.3, 0.4) is 0 Å². The van der Waals surface area contributed by atoms with Gasteiger partial charge in [-0.3, -0.25) is 4.79 Å². The van der Waals surface area contributed by atoms with Crippen LogP contribution in [0.25, 0.3) is 11.0 Å². The Morgan fingerprint density at radius 3 is 2.76 bits per heavy atom. The van der Waals surface area contributed by atoms with E-state index in [-0.39, 0.29) is 24.5 Å². The van der Waals surface area contributed by atoms with E-state index < -0.39 is 5.63 Å². The second kappa shape index (κ2) is 8.19. The van der Waals surface area contributed by atoms with E-state index in [4.69, 9.17) is 14.3 Å². The molecule has 29 heavy (non-hydrogen) atoms. The second-order valence-corrected chi connectivity index (χ2v) is 8.40. The van der Waals surface area contributed by atoms with Crippen LogP contribution in [0.2, 0.25) is 0 Å². The van der Waals surface area contributed by atoms with E-state index in [1.54, 1.807) is 0 Å². The van der Waals surface area contributed by atoms with Crippen molar-refractivity contribution in [2.24, 2.45) is 0 Å². The first-order chi connectivity index (χ1) is 14.0. The van der Waals surface area contributed by atoms with Gasteiger partial charge in [0.25, 0.3) is 0 Å². The number of carbonyl (C=O) groups excluding carboxylic acids is 1. The van der Waals surface area contributed by atoms with Gasteiger partial charge in [-0.2, -0.15) is 0 Å². The molecular weight excluding hydrogens is 370 g/mol. The van der Waals surface area contributed by atoms with Crippen LogP contribution >= 0.6 is 0 Å². The van der Waals surface area contributed by atoms with E-state index >= 15 is 0 Å². The minimum Gasteiger partial charge on any atom is -0.487 e. The van der Waals surface area contributed by atoms with Crippen molar-refractivity contribution >= 4 is 16.9 Å². The number of rotatable bonds is 5. The van der Waals surface area contributed by atoms with Gasteiger partial charge in [0.2, 0.25) is 5.91 Å². The maximum atomic E-state index is 12.6. The van der Waals surface area contributed by atoms with Crippen molar-refractivity contribution in [1.29, 1.82) is 0 Å². The highest BCUT2D eigenvalue weighted by Gasteiger charge is 2.37. The van der Waals surface area contributed by atoms with E-state index in [1.165, 1.54) is 19.3 Å². The molecule has 0 atom stereocenters. The molecule has 156 valence electrons. The number of carbonyl (C=O) groups is 1. The standard InChI is InChI=1S/C23H29NO5/c1-15-17-12-16-6-9-23(7-3-2-4-8-23)29-19(16)14-20(17)28-22(27)18(15)13-21(26)24-10-5-11-25/h12,14,25H,2-11,13H2,1H3,(H,24,26). The van der Waals surface area contributed by atoms with Crippen LogP contribution in [0.4, 0.5) is 0 Å². The van der Waals surface area contributed by atoms with Crippen LogP contribution in [-0.4, -0.2) is 29.8 Å². The summed E-state index contributed by atoms with van der Waals surface area (Å²) < 4.78 is 12.0. The highest BCUT2D eigenvalue weighted by atomic mass is 16.5. The van der Waals surface area contributed by atoms with Crippen molar-refractivity contribution in [3.63, 3.8) is 0 Å². The van der Waals surface area contributed by atoms with Crippen LogP contribution < -0.4 is 15.7 Å². The molecule has 2 aromatic rings. The molecule has 1 aliphatic carbocycles. The number of hydrogen-bond acceptors (Lipinski definition) is 5. The number of amides is 1. The smallest absolute Gasteiger partial charge is 0.340 e. The van der Waals surface area contributed by atoms with Crippen molar-refractivity contribution in [3.8, 4) is 5.75 Å². The monoisotopic (exact) mass is 399 g/mol. The summed E-state index contributed by atoms with van der Waals surface area (Å²) >= 11 is 0. The maximum Gasteiger partial charge on any atom is 0.340 e. The largest absolute Gasteiger partial charge is 0.487 e. The summed E-state index contributed by atoms with van der Waals surface area (Å²) in [6.07, 6.45) is 8.34. The van der Waals surface area contributed by atoms with E-state index in [0.717, 1.165) is 47.9 Å². The van der Waals surface area contributed by atoms with Gasteiger partial charge in [0.1, 0.15) is 16.9 Å². The van der Waals surface area contributed by atoms with Gasteiger partial charge in [-0.15, -0.1) is 0 Å². The molecule has 0 radical (unpaired) electrons. The minimum atomic E-state index is -0.476. The number of aliphatic hydroxyl groups excluding tert-OH is 1. The third-order valence-electron chi connectivity index (χ3n) is 6.40. The predicted octanol–water partition coefficient (Wildman–Crippen LogP) is 3.17. The molecule has 1 aliphatic heterocycles. The third-order valence-corrected chi connectivity index (χ3v) is 6.40. The fourth-order valence-corrected chi connectivity index (χ4v) is 4.68. The Morgan fingerprint density at radius 1 is 1.21 bits per heavy atom.